The van der Waals surface area contributed by atoms with Crippen LogP contribution in [0.4, 0.5) is 11.9 Å². The molecule has 0 bridgehead atoms. The van der Waals surface area contributed by atoms with Crippen LogP contribution in [0.15, 0.2) is 24.3 Å². The lowest BCUT2D eigenvalue weighted by Crippen LogP contribution is -2.37. The van der Waals surface area contributed by atoms with Gasteiger partial charge in [0.2, 0.25) is 11.9 Å². The number of carboxylic acids is 1. The molecule has 1 aliphatic heterocycles. The third-order valence-corrected chi connectivity index (χ3v) is 5.88. The molecule has 0 amide bonds. The van der Waals surface area contributed by atoms with Crippen LogP contribution in [-0.2, 0) is 4.79 Å². The second-order valence-electron chi connectivity index (χ2n) is 9.42. The molecule has 1 aromatic heterocycles. The number of aliphatic carboxylic acids is 1. The highest BCUT2D eigenvalue weighted by molar-refractivity contribution is 5.76. The Bertz CT molecular complexity index is 972. The second kappa shape index (κ2) is 10.3. The Balaban J connectivity index is 1.30. The Morgan fingerprint density at radius 1 is 1.03 bits per heavy atom. The summed E-state index contributed by atoms with van der Waals surface area (Å²) in [5.74, 6) is 1.98. The molecule has 184 valence electrons. The molecule has 4 rings (SSSR count). The molecule has 10 nitrogen and oxygen atoms in total. The van der Waals surface area contributed by atoms with E-state index in [-0.39, 0.29) is 12.6 Å². The number of piperidine rings is 1. The fourth-order valence-corrected chi connectivity index (χ4v) is 3.47. The van der Waals surface area contributed by atoms with E-state index in [2.05, 4.69) is 32.1 Å². The molecule has 0 spiro atoms. The van der Waals surface area contributed by atoms with Gasteiger partial charge in [0.05, 0.1) is 0 Å². The minimum atomic E-state index is -1.31. The van der Waals surface area contributed by atoms with E-state index >= 15 is 0 Å². The summed E-state index contributed by atoms with van der Waals surface area (Å²) in [4.78, 5) is 27.0. The molecule has 0 atom stereocenters. The van der Waals surface area contributed by atoms with Crippen LogP contribution in [0.3, 0.4) is 0 Å². The molecule has 1 aromatic carbocycles. The lowest BCUT2D eigenvalue weighted by Gasteiger charge is -2.30. The predicted molar refractivity (Wildman–Crippen MR) is 127 cm³/mol. The Labute approximate surface area is 199 Å². The Morgan fingerprint density at radius 3 is 2.32 bits per heavy atom. The molecule has 2 aromatic rings. The van der Waals surface area contributed by atoms with Gasteiger partial charge in [-0.3, -0.25) is 0 Å². The van der Waals surface area contributed by atoms with Gasteiger partial charge in [0.1, 0.15) is 24.7 Å². The fourth-order valence-electron chi connectivity index (χ4n) is 3.47. The number of ether oxygens (including phenoxy) is 3. The van der Waals surface area contributed by atoms with Crippen LogP contribution in [0.5, 0.6) is 17.5 Å². The van der Waals surface area contributed by atoms with Crippen molar-refractivity contribution in [1.29, 1.82) is 0 Å². The first-order valence-electron chi connectivity index (χ1n) is 11.8. The largest absolute Gasteiger partial charge is 0.490 e. The lowest BCUT2D eigenvalue weighted by atomic mass is 10.00. The summed E-state index contributed by atoms with van der Waals surface area (Å²) in [7, 11) is 0. The van der Waals surface area contributed by atoms with Crippen LogP contribution in [0.2, 0.25) is 0 Å². The van der Waals surface area contributed by atoms with Gasteiger partial charge < -0.3 is 29.5 Å². The van der Waals surface area contributed by atoms with E-state index in [4.69, 9.17) is 14.2 Å². The summed E-state index contributed by atoms with van der Waals surface area (Å²) in [6.45, 7) is 7.71. The minimum Gasteiger partial charge on any atom is -0.490 e. The van der Waals surface area contributed by atoms with Gasteiger partial charge in [-0.1, -0.05) is 6.92 Å². The van der Waals surface area contributed by atoms with E-state index in [9.17, 15) is 9.90 Å². The van der Waals surface area contributed by atoms with Gasteiger partial charge in [0.15, 0.2) is 5.60 Å². The zero-order chi connectivity index (χ0) is 24.1. The number of nitrogens with one attached hydrogen (secondary N) is 1. The standard InChI is InChI=1S/C24H33N5O5/c1-16-10-12-29(13-11-16)22-26-21(25-17-4-5-17)27-23(28-22)33-15-14-32-18-6-8-19(9-7-18)34-24(2,3)20(30)31/h6-9,16-17H,4-5,10-15H2,1-3H3,(H,30,31)(H,25,26,27,28). The normalized spacial score (nSPS) is 16.7. The maximum Gasteiger partial charge on any atom is 0.347 e. The monoisotopic (exact) mass is 471 g/mol. The number of anilines is 2. The molecule has 2 aliphatic rings. The van der Waals surface area contributed by atoms with E-state index < -0.39 is 11.6 Å². The van der Waals surface area contributed by atoms with E-state index in [1.54, 1.807) is 24.3 Å². The van der Waals surface area contributed by atoms with E-state index in [1.165, 1.54) is 13.8 Å². The molecule has 1 aliphatic carbocycles. The van der Waals surface area contributed by atoms with Gasteiger partial charge in [-0.05, 0) is 69.7 Å². The first-order chi connectivity index (χ1) is 16.3. The van der Waals surface area contributed by atoms with Gasteiger partial charge in [-0.25, -0.2) is 4.79 Å². The summed E-state index contributed by atoms with van der Waals surface area (Å²) in [6, 6.07) is 7.52. The van der Waals surface area contributed by atoms with Crippen LogP contribution in [-0.4, -0.2) is 64.0 Å². The number of aromatic nitrogens is 3. The number of hydrogen-bond donors (Lipinski definition) is 2. The number of carbonyl (C=O) groups is 1. The van der Waals surface area contributed by atoms with E-state index in [0.29, 0.717) is 36.0 Å². The number of benzene rings is 1. The summed E-state index contributed by atoms with van der Waals surface area (Å²) in [5, 5.41) is 12.5. The molecule has 1 saturated heterocycles. The Hall–Kier alpha value is -3.30. The average molecular weight is 472 g/mol. The highest BCUT2D eigenvalue weighted by Crippen LogP contribution is 2.26. The van der Waals surface area contributed by atoms with Gasteiger partial charge in [-0.15, -0.1) is 0 Å². The molecule has 2 fully saturated rings. The molecule has 10 heteroatoms. The summed E-state index contributed by atoms with van der Waals surface area (Å²) >= 11 is 0. The second-order valence-corrected chi connectivity index (χ2v) is 9.42. The van der Waals surface area contributed by atoms with Crippen molar-refractivity contribution in [3.05, 3.63) is 24.3 Å². The van der Waals surface area contributed by atoms with Crippen LogP contribution < -0.4 is 24.4 Å². The third kappa shape index (κ3) is 6.61. The topological polar surface area (TPSA) is 119 Å². The Morgan fingerprint density at radius 2 is 1.68 bits per heavy atom. The fraction of sp³-hybridized carbons (Fsp3) is 0.583. The molecule has 2 N–H and O–H groups in total. The van der Waals surface area contributed by atoms with Crippen LogP contribution in [0, 0.1) is 5.92 Å². The van der Waals surface area contributed by atoms with Crippen molar-refractivity contribution in [2.45, 2.75) is 58.1 Å². The van der Waals surface area contributed by atoms with Crippen molar-refractivity contribution in [3.63, 3.8) is 0 Å². The van der Waals surface area contributed by atoms with Gasteiger partial charge in [-0.2, -0.15) is 15.0 Å². The molecular formula is C24H33N5O5. The maximum absolute atomic E-state index is 11.2. The zero-order valence-corrected chi connectivity index (χ0v) is 20.0. The Kier molecular flexibility index (Phi) is 7.23. The van der Waals surface area contributed by atoms with Crippen LogP contribution >= 0.6 is 0 Å². The lowest BCUT2D eigenvalue weighted by molar-refractivity contribution is -0.152. The minimum absolute atomic E-state index is 0.271. The number of hydrogen-bond acceptors (Lipinski definition) is 9. The molecule has 2 heterocycles. The smallest absolute Gasteiger partial charge is 0.347 e. The third-order valence-electron chi connectivity index (χ3n) is 5.88. The number of nitrogens with zero attached hydrogens (tertiary/aromatic N) is 4. The number of rotatable bonds is 11. The highest BCUT2D eigenvalue weighted by Gasteiger charge is 2.29. The van der Waals surface area contributed by atoms with Gasteiger partial charge >= 0.3 is 12.0 Å². The van der Waals surface area contributed by atoms with Crippen molar-refractivity contribution >= 4 is 17.9 Å². The van der Waals surface area contributed by atoms with Crippen LogP contribution in [0.1, 0.15) is 46.5 Å². The van der Waals surface area contributed by atoms with Crippen molar-refractivity contribution < 1.29 is 24.1 Å². The predicted octanol–water partition coefficient (Wildman–Crippen LogP) is 3.38. The van der Waals surface area contributed by atoms with Crippen molar-refractivity contribution in [3.8, 4) is 17.5 Å². The van der Waals surface area contributed by atoms with Crippen molar-refractivity contribution in [1.82, 2.24) is 15.0 Å². The van der Waals surface area contributed by atoms with Crippen molar-refractivity contribution in [2.24, 2.45) is 5.92 Å². The van der Waals surface area contributed by atoms with Gasteiger partial charge in [0.25, 0.3) is 0 Å². The summed E-state index contributed by atoms with van der Waals surface area (Å²) in [5.41, 5.74) is -1.31. The SMILES string of the molecule is CC1CCN(c2nc(NC3CC3)nc(OCCOc3ccc(OC(C)(C)C(=O)O)cc3)n2)CC1. The zero-order valence-electron chi connectivity index (χ0n) is 20.0. The molecule has 34 heavy (non-hydrogen) atoms. The highest BCUT2D eigenvalue weighted by atomic mass is 16.5. The average Bonchev–Trinajstić information content (AvgIpc) is 3.62. The summed E-state index contributed by atoms with van der Waals surface area (Å²) < 4.78 is 17.0. The van der Waals surface area contributed by atoms with E-state index in [1.807, 2.05) is 0 Å². The van der Waals surface area contributed by atoms with Crippen molar-refractivity contribution in [2.75, 3.05) is 36.5 Å². The molecule has 1 saturated carbocycles. The summed E-state index contributed by atoms with van der Waals surface area (Å²) in [6.07, 6.45) is 4.51. The maximum atomic E-state index is 11.2. The molecule has 0 radical (unpaired) electrons. The van der Waals surface area contributed by atoms with Gasteiger partial charge in [0, 0.05) is 19.1 Å². The first-order valence-corrected chi connectivity index (χ1v) is 11.8. The van der Waals surface area contributed by atoms with Crippen LogP contribution in [0.25, 0.3) is 0 Å². The first kappa shape index (κ1) is 23.8. The molecular weight excluding hydrogens is 438 g/mol. The molecule has 0 unspecified atom stereocenters. The number of carboxylic acid groups (broad SMARTS) is 1. The quantitative estimate of drug-likeness (QED) is 0.472. The van der Waals surface area contributed by atoms with E-state index in [0.717, 1.165) is 44.7 Å².